The van der Waals surface area contributed by atoms with Gasteiger partial charge in [-0.3, -0.25) is 9.98 Å². The van der Waals surface area contributed by atoms with Crippen LogP contribution in [0.2, 0.25) is 0 Å². The van der Waals surface area contributed by atoms with Gasteiger partial charge in [0.1, 0.15) is 11.4 Å². The number of ether oxygens (including phenoxy) is 2. The van der Waals surface area contributed by atoms with E-state index < -0.39 is 11.6 Å². The molecule has 6 heteroatoms. The highest BCUT2D eigenvalue weighted by Gasteiger charge is 2.61. The maximum absolute atomic E-state index is 12.5. The van der Waals surface area contributed by atoms with E-state index in [2.05, 4.69) is 18.8 Å². The molecule has 1 N–H and O–H groups in total. The summed E-state index contributed by atoms with van der Waals surface area (Å²) in [5.74, 6) is 0.958. The number of methoxy groups -OCH3 is 1. The van der Waals surface area contributed by atoms with Crippen LogP contribution in [0.1, 0.15) is 46.2 Å². The number of esters is 1. The van der Waals surface area contributed by atoms with E-state index >= 15 is 0 Å². The van der Waals surface area contributed by atoms with Gasteiger partial charge in [0.05, 0.1) is 19.9 Å². The van der Waals surface area contributed by atoms with Crippen molar-refractivity contribution >= 4 is 11.7 Å². The SMILES string of the molecule is CCOC(=O)[C@H](Cc1ccc(OC)cn1)N=C1C[C@H]2C[C@H](C2(C)C)[C@@]1(C)O. The van der Waals surface area contributed by atoms with Gasteiger partial charge in [0.2, 0.25) is 0 Å². The van der Waals surface area contributed by atoms with Crippen molar-refractivity contribution < 1.29 is 19.4 Å². The summed E-state index contributed by atoms with van der Waals surface area (Å²) in [6, 6.07) is 2.93. The summed E-state index contributed by atoms with van der Waals surface area (Å²) in [6.45, 7) is 8.33. The van der Waals surface area contributed by atoms with Crippen molar-refractivity contribution in [3.05, 3.63) is 24.0 Å². The van der Waals surface area contributed by atoms with E-state index in [1.165, 1.54) is 0 Å². The number of nitrogens with zero attached hydrogens (tertiary/aromatic N) is 2. The summed E-state index contributed by atoms with van der Waals surface area (Å²) in [6.07, 6.45) is 3.70. The first-order valence-electron chi connectivity index (χ1n) is 9.65. The first kappa shape index (κ1) is 19.8. The molecule has 0 saturated heterocycles. The Labute approximate surface area is 161 Å². The van der Waals surface area contributed by atoms with E-state index in [4.69, 9.17) is 14.5 Å². The van der Waals surface area contributed by atoms with Gasteiger partial charge in [-0.05, 0) is 56.1 Å². The number of aromatic nitrogens is 1. The summed E-state index contributed by atoms with van der Waals surface area (Å²) in [5, 5.41) is 11.2. The van der Waals surface area contributed by atoms with Crippen molar-refractivity contribution in [1.29, 1.82) is 0 Å². The number of hydrogen-bond acceptors (Lipinski definition) is 6. The molecule has 0 aliphatic heterocycles. The maximum Gasteiger partial charge on any atom is 0.331 e. The Balaban J connectivity index is 1.85. The van der Waals surface area contributed by atoms with Gasteiger partial charge in [0, 0.05) is 17.8 Å². The zero-order valence-electron chi connectivity index (χ0n) is 16.9. The molecule has 3 saturated carbocycles. The molecule has 4 rings (SSSR count). The normalized spacial score (nSPS) is 31.1. The van der Waals surface area contributed by atoms with E-state index in [0.717, 1.165) is 24.2 Å². The minimum Gasteiger partial charge on any atom is -0.495 e. The average Bonchev–Trinajstić information content (AvgIpc) is 2.62. The molecule has 1 aromatic heterocycles. The van der Waals surface area contributed by atoms with Crippen LogP contribution in [0.3, 0.4) is 0 Å². The largest absolute Gasteiger partial charge is 0.495 e. The van der Waals surface area contributed by atoms with Crippen LogP contribution < -0.4 is 4.74 Å². The molecule has 0 spiro atoms. The quantitative estimate of drug-likeness (QED) is 0.775. The predicted molar refractivity (Wildman–Crippen MR) is 103 cm³/mol. The third kappa shape index (κ3) is 3.59. The molecule has 4 atom stereocenters. The van der Waals surface area contributed by atoms with E-state index in [-0.39, 0.29) is 17.3 Å². The summed E-state index contributed by atoms with van der Waals surface area (Å²) in [7, 11) is 1.59. The lowest BCUT2D eigenvalue weighted by molar-refractivity contribution is -0.145. The molecule has 0 unspecified atom stereocenters. The summed E-state index contributed by atoms with van der Waals surface area (Å²) in [4.78, 5) is 21.6. The van der Waals surface area contributed by atoms with Crippen LogP contribution in [0.25, 0.3) is 0 Å². The fourth-order valence-corrected chi connectivity index (χ4v) is 4.60. The Kier molecular flexibility index (Phi) is 5.30. The van der Waals surface area contributed by atoms with E-state index in [1.54, 1.807) is 20.2 Å². The first-order chi connectivity index (χ1) is 12.7. The van der Waals surface area contributed by atoms with Crippen LogP contribution >= 0.6 is 0 Å². The molecular weight excluding hydrogens is 344 g/mol. The maximum atomic E-state index is 12.5. The molecule has 0 radical (unpaired) electrons. The molecular formula is C21H30N2O4. The van der Waals surface area contributed by atoms with Crippen molar-refractivity contribution in [2.24, 2.45) is 22.2 Å². The molecule has 1 aromatic rings. The Hall–Kier alpha value is -1.95. The van der Waals surface area contributed by atoms with Crippen molar-refractivity contribution in [3.8, 4) is 5.75 Å². The number of rotatable bonds is 6. The highest BCUT2D eigenvalue weighted by molar-refractivity contribution is 5.96. The second kappa shape index (κ2) is 7.23. The molecule has 6 nitrogen and oxygen atoms in total. The molecule has 3 aliphatic rings. The number of aliphatic hydroxyl groups is 1. The smallest absolute Gasteiger partial charge is 0.331 e. The summed E-state index contributed by atoms with van der Waals surface area (Å²) >= 11 is 0. The molecule has 1 heterocycles. The fraction of sp³-hybridized carbons (Fsp3) is 0.667. The second-order valence-corrected chi connectivity index (χ2v) is 8.40. The second-order valence-electron chi connectivity index (χ2n) is 8.40. The number of hydrogen-bond donors (Lipinski definition) is 1. The van der Waals surface area contributed by atoms with Crippen molar-refractivity contribution in [2.75, 3.05) is 13.7 Å². The third-order valence-corrected chi connectivity index (χ3v) is 6.48. The van der Waals surface area contributed by atoms with Crippen LogP contribution in [0.5, 0.6) is 5.75 Å². The molecule has 27 heavy (non-hydrogen) atoms. The van der Waals surface area contributed by atoms with Gasteiger partial charge in [-0.15, -0.1) is 0 Å². The number of carbonyl (C=O) groups excluding carboxylic acids is 1. The van der Waals surface area contributed by atoms with Crippen molar-refractivity contribution in [1.82, 2.24) is 4.98 Å². The van der Waals surface area contributed by atoms with Crippen molar-refractivity contribution in [3.63, 3.8) is 0 Å². The predicted octanol–water partition coefficient (Wildman–Crippen LogP) is 2.82. The zero-order valence-corrected chi connectivity index (χ0v) is 16.9. The van der Waals surface area contributed by atoms with Crippen LogP contribution in [0, 0.1) is 17.3 Å². The Morgan fingerprint density at radius 3 is 2.67 bits per heavy atom. The molecule has 3 fully saturated rings. The van der Waals surface area contributed by atoms with Crippen LogP contribution in [-0.2, 0) is 16.0 Å². The molecule has 0 aromatic carbocycles. The minimum absolute atomic E-state index is 0.111. The lowest BCUT2D eigenvalue weighted by Gasteiger charge is -2.62. The highest BCUT2D eigenvalue weighted by atomic mass is 16.5. The monoisotopic (exact) mass is 374 g/mol. The van der Waals surface area contributed by atoms with Gasteiger partial charge < -0.3 is 14.6 Å². The number of aliphatic imine (C=N–C) groups is 1. The van der Waals surface area contributed by atoms with Gasteiger partial charge in [-0.2, -0.15) is 0 Å². The highest BCUT2D eigenvalue weighted by Crippen LogP contribution is 2.61. The molecule has 148 valence electrons. The molecule has 0 amide bonds. The third-order valence-electron chi connectivity index (χ3n) is 6.48. The Morgan fingerprint density at radius 2 is 2.15 bits per heavy atom. The van der Waals surface area contributed by atoms with Crippen LogP contribution in [-0.4, -0.2) is 47.1 Å². The van der Waals surface area contributed by atoms with Gasteiger partial charge >= 0.3 is 5.97 Å². The van der Waals surface area contributed by atoms with E-state index in [0.29, 0.717) is 24.7 Å². The minimum atomic E-state index is -0.990. The van der Waals surface area contributed by atoms with Crippen LogP contribution in [0.4, 0.5) is 0 Å². The Morgan fingerprint density at radius 1 is 1.41 bits per heavy atom. The number of carbonyl (C=O) groups is 1. The van der Waals surface area contributed by atoms with Crippen molar-refractivity contribution in [2.45, 2.75) is 58.6 Å². The Bertz CT molecular complexity index is 724. The summed E-state index contributed by atoms with van der Waals surface area (Å²) < 4.78 is 10.4. The summed E-state index contributed by atoms with van der Waals surface area (Å²) in [5.41, 5.74) is 0.573. The molecule has 3 aliphatic carbocycles. The van der Waals surface area contributed by atoms with E-state index in [9.17, 15) is 9.90 Å². The standard InChI is InChI=1S/C21H30N2O4/c1-6-27-19(24)16(11-14-7-8-15(26-5)12-22-14)23-18-10-13-9-17(20(13,2)3)21(18,4)25/h7-8,12-13,16-17,25H,6,9-11H2,1-5H3/t13-,16+,17-,21-/m1/s1. The van der Waals surface area contributed by atoms with Gasteiger partial charge in [-0.25, -0.2) is 4.79 Å². The van der Waals surface area contributed by atoms with Gasteiger partial charge in [0.25, 0.3) is 0 Å². The topological polar surface area (TPSA) is 81.0 Å². The van der Waals surface area contributed by atoms with Crippen LogP contribution in [0.15, 0.2) is 23.3 Å². The fourth-order valence-electron chi connectivity index (χ4n) is 4.60. The first-order valence-corrected chi connectivity index (χ1v) is 9.65. The molecule has 2 bridgehead atoms. The van der Waals surface area contributed by atoms with Gasteiger partial charge in [-0.1, -0.05) is 13.8 Å². The lowest BCUT2D eigenvalue weighted by Crippen LogP contribution is -2.65. The lowest BCUT2D eigenvalue weighted by atomic mass is 9.44. The average molecular weight is 374 g/mol. The number of fused-ring (bicyclic) bond motifs is 2. The van der Waals surface area contributed by atoms with Gasteiger partial charge in [0.15, 0.2) is 6.04 Å². The number of pyridine rings is 1. The van der Waals surface area contributed by atoms with E-state index in [1.807, 2.05) is 19.1 Å². The zero-order chi connectivity index (χ0) is 19.8.